The molecule has 1 aromatic rings. The summed E-state index contributed by atoms with van der Waals surface area (Å²) in [4.78, 5) is 36.5. The van der Waals surface area contributed by atoms with Crippen molar-refractivity contribution in [1.82, 2.24) is 15.1 Å². The number of hydrogen-bond acceptors (Lipinski definition) is 4. The lowest BCUT2D eigenvalue weighted by atomic mass is 10.00. The maximum absolute atomic E-state index is 11.7. The number of hydrogen-bond donors (Lipinski definition) is 2. The Bertz CT molecular complexity index is 772. The molecule has 1 unspecified atom stereocenters. The largest absolute Gasteiger partial charge is 0.478 e. The number of carboxylic acids is 1. The number of amides is 2. The second-order valence-corrected chi connectivity index (χ2v) is 9.38. The van der Waals surface area contributed by atoms with Gasteiger partial charge < -0.3 is 20.2 Å². The van der Waals surface area contributed by atoms with Gasteiger partial charge in [0.1, 0.15) is 0 Å². The van der Waals surface area contributed by atoms with Gasteiger partial charge in [-0.1, -0.05) is 65.0 Å². The summed E-state index contributed by atoms with van der Waals surface area (Å²) in [5.41, 5.74) is 3.23. The minimum atomic E-state index is -1.01. The molecule has 0 bridgehead atoms. The van der Waals surface area contributed by atoms with Crippen LogP contribution in [0, 0.1) is 11.8 Å². The van der Waals surface area contributed by atoms with Crippen LogP contribution < -0.4 is 5.32 Å². The molecule has 1 aliphatic heterocycles. The van der Waals surface area contributed by atoms with Crippen LogP contribution in [-0.4, -0.2) is 66.4 Å². The molecular formula is C26H43N3O4. The number of benzene rings is 1. The second kappa shape index (κ2) is 16.0. The first-order valence-corrected chi connectivity index (χ1v) is 11.5. The molecule has 2 N–H and O–H groups in total. The minimum Gasteiger partial charge on any atom is -0.478 e. The van der Waals surface area contributed by atoms with Crippen molar-refractivity contribution in [2.75, 3.05) is 27.2 Å². The molecule has 0 saturated carbocycles. The first-order chi connectivity index (χ1) is 15.4. The fraction of sp³-hybridized carbons (Fsp3) is 0.577. The SMILES string of the molecule is C/C(=C\C(C(C)C)N(C)C(=O)CNC=O)C(=O)O.CC(C)C.CN1CCc2ccccc2C1. The van der Waals surface area contributed by atoms with Gasteiger partial charge in [0.25, 0.3) is 0 Å². The molecule has 1 aromatic carbocycles. The van der Waals surface area contributed by atoms with Gasteiger partial charge >= 0.3 is 5.97 Å². The standard InChI is InChI=1S/C12H20N2O4.C10H13N.C4H10/c1-8(2)10(5-9(3)12(17)18)14(4)11(16)6-13-7-15;1-11-7-6-9-4-2-3-5-10(9)8-11;1-4(2)3/h5,7-8,10H,6H2,1-4H3,(H,13,15)(H,17,18);2-5H,6-8H2,1H3;4H,1-3H3/b9-5+;;. The monoisotopic (exact) mass is 461 g/mol. The maximum Gasteiger partial charge on any atom is 0.331 e. The van der Waals surface area contributed by atoms with Crippen molar-refractivity contribution in [2.45, 2.75) is 60.5 Å². The number of nitrogens with one attached hydrogen (secondary N) is 1. The highest BCUT2D eigenvalue weighted by Gasteiger charge is 2.21. The van der Waals surface area contributed by atoms with Crippen molar-refractivity contribution in [1.29, 1.82) is 0 Å². The Kier molecular flexibility index (Phi) is 14.7. The Hall–Kier alpha value is -2.67. The van der Waals surface area contributed by atoms with Crippen LogP contribution in [0.4, 0.5) is 0 Å². The third-order valence-electron chi connectivity index (χ3n) is 4.94. The van der Waals surface area contributed by atoms with Crippen molar-refractivity contribution >= 4 is 18.3 Å². The summed E-state index contributed by atoms with van der Waals surface area (Å²) >= 11 is 0. The van der Waals surface area contributed by atoms with Crippen LogP contribution in [-0.2, 0) is 27.3 Å². The molecule has 1 heterocycles. The van der Waals surface area contributed by atoms with Crippen LogP contribution in [0.15, 0.2) is 35.9 Å². The molecule has 0 radical (unpaired) electrons. The highest BCUT2D eigenvalue weighted by molar-refractivity contribution is 5.86. The van der Waals surface area contributed by atoms with Crippen molar-refractivity contribution in [3.05, 3.63) is 47.0 Å². The van der Waals surface area contributed by atoms with E-state index in [4.69, 9.17) is 5.11 Å². The van der Waals surface area contributed by atoms with E-state index in [2.05, 4.69) is 62.3 Å². The van der Waals surface area contributed by atoms with E-state index in [1.54, 1.807) is 13.1 Å². The first kappa shape index (κ1) is 30.3. The lowest BCUT2D eigenvalue weighted by Gasteiger charge is -2.29. The highest BCUT2D eigenvalue weighted by Crippen LogP contribution is 2.16. The Morgan fingerprint density at radius 2 is 1.70 bits per heavy atom. The summed E-state index contributed by atoms with van der Waals surface area (Å²) in [6.45, 7) is 14.0. The van der Waals surface area contributed by atoms with E-state index in [1.165, 1.54) is 35.9 Å². The molecule has 0 spiro atoms. The molecule has 0 aromatic heterocycles. The van der Waals surface area contributed by atoms with Crippen LogP contribution in [0.25, 0.3) is 0 Å². The van der Waals surface area contributed by atoms with Crippen molar-refractivity contribution < 1.29 is 19.5 Å². The Morgan fingerprint density at radius 1 is 1.15 bits per heavy atom. The quantitative estimate of drug-likeness (QED) is 0.478. The van der Waals surface area contributed by atoms with Gasteiger partial charge in [-0.05, 0) is 43.4 Å². The van der Waals surface area contributed by atoms with E-state index in [-0.39, 0.29) is 30.0 Å². The zero-order valence-electron chi connectivity index (χ0n) is 21.6. The number of carboxylic acid groups (broad SMARTS) is 1. The van der Waals surface area contributed by atoms with Gasteiger partial charge in [0, 0.05) is 25.7 Å². The molecule has 2 amide bonds. The van der Waals surface area contributed by atoms with Gasteiger partial charge in [-0.25, -0.2) is 4.79 Å². The normalized spacial score (nSPS) is 14.2. The first-order valence-electron chi connectivity index (χ1n) is 11.5. The van der Waals surface area contributed by atoms with E-state index in [9.17, 15) is 14.4 Å². The fourth-order valence-corrected chi connectivity index (χ4v) is 3.14. The van der Waals surface area contributed by atoms with Gasteiger partial charge in [0.2, 0.25) is 12.3 Å². The zero-order valence-corrected chi connectivity index (χ0v) is 21.6. The minimum absolute atomic E-state index is 0.0736. The third-order valence-corrected chi connectivity index (χ3v) is 4.94. The van der Waals surface area contributed by atoms with E-state index in [0.29, 0.717) is 6.41 Å². The van der Waals surface area contributed by atoms with Crippen molar-refractivity contribution in [2.24, 2.45) is 11.8 Å². The van der Waals surface area contributed by atoms with E-state index in [1.807, 2.05) is 13.8 Å². The van der Waals surface area contributed by atoms with E-state index in [0.717, 1.165) is 12.5 Å². The molecule has 0 fully saturated rings. The van der Waals surface area contributed by atoms with E-state index < -0.39 is 5.97 Å². The Labute approximate surface area is 199 Å². The summed E-state index contributed by atoms with van der Waals surface area (Å²) in [5, 5.41) is 11.1. The molecule has 7 nitrogen and oxygen atoms in total. The summed E-state index contributed by atoms with van der Waals surface area (Å²) in [5.74, 6) is -0.368. The molecule has 0 aliphatic carbocycles. The highest BCUT2D eigenvalue weighted by atomic mass is 16.4. The average molecular weight is 462 g/mol. The van der Waals surface area contributed by atoms with Crippen LogP contribution >= 0.6 is 0 Å². The summed E-state index contributed by atoms with van der Waals surface area (Å²) in [7, 11) is 3.76. The fourth-order valence-electron chi connectivity index (χ4n) is 3.14. The van der Waals surface area contributed by atoms with Crippen molar-refractivity contribution in [3.63, 3.8) is 0 Å². The third kappa shape index (κ3) is 12.8. The number of rotatable bonds is 7. The number of fused-ring (bicyclic) bond motifs is 1. The molecule has 0 saturated heterocycles. The number of aliphatic carboxylic acids is 1. The topological polar surface area (TPSA) is 90.0 Å². The van der Waals surface area contributed by atoms with Crippen molar-refractivity contribution in [3.8, 4) is 0 Å². The molecular weight excluding hydrogens is 418 g/mol. The predicted molar refractivity (Wildman–Crippen MR) is 134 cm³/mol. The maximum atomic E-state index is 11.7. The number of carbonyl (C=O) groups excluding carboxylic acids is 2. The van der Waals surface area contributed by atoms with Gasteiger partial charge in [-0.15, -0.1) is 0 Å². The molecule has 1 aliphatic rings. The van der Waals surface area contributed by atoms with Crippen LogP contribution in [0.2, 0.25) is 0 Å². The molecule has 1 atom stereocenters. The Morgan fingerprint density at radius 3 is 2.18 bits per heavy atom. The van der Waals surface area contributed by atoms with Gasteiger partial charge in [-0.3, -0.25) is 9.59 Å². The number of carbonyl (C=O) groups is 3. The second-order valence-electron chi connectivity index (χ2n) is 9.38. The van der Waals surface area contributed by atoms with Crippen LogP contribution in [0.3, 0.4) is 0 Å². The van der Waals surface area contributed by atoms with Gasteiger partial charge in [0.15, 0.2) is 0 Å². The zero-order chi connectivity index (χ0) is 25.6. The molecule has 33 heavy (non-hydrogen) atoms. The lowest BCUT2D eigenvalue weighted by molar-refractivity contribution is -0.133. The molecule has 186 valence electrons. The van der Waals surface area contributed by atoms with Gasteiger partial charge in [0.05, 0.1) is 12.6 Å². The number of nitrogens with zero attached hydrogens (tertiary/aromatic N) is 2. The van der Waals surface area contributed by atoms with Crippen LogP contribution in [0.5, 0.6) is 0 Å². The summed E-state index contributed by atoms with van der Waals surface area (Å²) < 4.78 is 0. The lowest BCUT2D eigenvalue weighted by Crippen LogP contribution is -2.43. The van der Waals surface area contributed by atoms with Gasteiger partial charge in [-0.2, -0.15) is 0 Å². The Balaban J connectivity index is 0.000000570. The van der Waals surface area contributed by atoms with E-state index >= 15 is 0 Å². The summed E-state index contributed by atoms with van der Waals surface area (Å²) in [6, 6.07) is 8.40. The number of likely N-dealkylation sites (N-methyl/N-ethyl adjacent to an activating group) is 2. The predicted octanol–water partition coefficient (Wildman–Crippen LogP) is 3.58. The van der Waals surface area contributed by atoms with Crippen LogP contribution in [0.1, 0.15) is 52.7 Å². The summed E-state index contributed by atoms with van der Waals surface area (Å²) in [6.07, 6.45) is 3.22. The molecule has 2 rings (SSSR count). The molecule has 7 heteroatoms. The average Bonchev–Trinajstić information content (AvgIpc) is 2.74. The smallest absolute Gasteiger partial charge is 0.331 e.